The van der Waals surface area contributed by atoms with Gasteiger partial charge in [0.2, 0.25) is 0 Å². The summed E-state index contributed by atoms with van der Waals surface area (Å²) in [5.74, 6) is 0.274. The third kappa shape index (κ3) is 4.96. The summed E-state index contributed by atoms with van der Waals surface area (Å²) in [5.41, 5.74) is 0.654. The Morgan fingerprint density at radius 1 is 1.18 bits per heavy atom. The Labute approximate surface area is 189 Å². The zero-order valence-corrected chi connectivity index (χ0v) is 18.5. The number of nitrogens with one attached hydrogen (secondary N) is 1. The number of nitrogens with zero attached hydrogens (tertiary/aromatic N) is 4. The van der Waals surface area contributed by atoms with Crippen molar-refractivity contribution < 1.29 is 14.3 Å². The van der Waals surface area contributed by atoms with Crippen molar-refractivity contribution in [3.05, 3.63) is 68.9 Å². The normalized spacial score (nSPS) is 14.1. The van der Waals surface area contributed by atoms with Gasteiger partial charge < -0.3 is 24.3 Å². The van der Waals surface area contributed by atoms with Crippen LogP contribution in [0.1, 0.15) is 5.56 Å². The molecule has 1 saturated heterocycles. The third-order valence-electron chi connectivity index (χ3n) is 5.32. The quantitative estimate of drug-likeness (QED) is 0.557. The summed E-state index contributed by atoms with van der Waals surface area (Å²) in [6.07, 6.45) is 1.37. The lowest BCUT2D eigenvalue weighted by molar-refractivity contribution is -0.137. The largest absolute Gasteiger partial charge is 0.483 e. The molecule has 0 radical (unpaired) electrons. The van der Waals surface area contributed by atoms with Gasteiger partial charge in [0.05, 0.1) is 30.3 Å². The number of anilines is 1. The van der Waals surface area contributed by atoms with Gasteiger partial charge in [-0.2, -0.15) is 5.10 Å². The van der Waals surface area contributed by atoms with Crippen LogP contribution < -0.4 is 20.9 Å². The fourth-order valence-electron chi connectivity index (χ4n) is 3.45. The lowest BCUT2D eigenvalue weighted by Gasteiger charge is -2.27. The van der Waals surface area contributed by atoms with E-state index < -0.39 is 11.2 Å². The Balaban J connectivity index is 1.63. The number of rotatable bonds is 6. The molecule has 3 aromatic rings. The number of benzene rings is 2. The van der Waals surface area contributed by atoms with Gasteiger partial charge in [-0.05, 0) is 24.3 Å². The number of carbonyl (C=O) groups is 1. The first-order valence-corrected chi connectivity index (χ1v) is 10.5. The number of aromatic amines is 1. The molecule has 1 fully saturated rings. The van der Waals surface area contributed by atoms with Crippen LogP contribution in [0.25, 0.3) is 10.9 Å². The maximum absolute atomic E-state index is 12.7. The number of morpholine rings is 1. The molecule has 1 aliphatic heterocycles. The molecule has 33 heavy (non-hydrogen) atoms. The zero-order valence-electron chi connectivity index (χ0n) is 18.5. The molecular weight excluding hydrogens is 426 g/mol. The molecule has 1 aromatic heterocycles. The topological polar surface area (TPSA) is 109 Å². The monoisotopic (exact) mass is 451 g/mol. The van der Waals surface area contributed by atoms with E-state index in [0.717, 1.165) is 10.4 Å². The summed E-state index contributed by atoms with van der Waals surface area (Å²) in [5, 5.41) is 4.46. The number of hydrogen-bond acceptors (Lipinski definition) is 7. The summed E-state index contributed by atoms with van der Waals surface area (Å²) in [6, 6.07) is 12.1. The molecule has 0 bridgehead atoms. The van der Waals surface area contributed by atoms with Crippen molar-refractivity contribution in [2.24, 2.45) is 5.10 Å². The summed E-state index contributed by atoms with van der Waals surface area (Å²) in [6.45, 7) is 1.93. The van der Waals surface area contributed by atoms with Crippen LogP contribution in [-0.2, 0) is 9.53 Å². The van der Waals surface area contributed by atoms with Gasteiger partial charge in [0.25, 0.3) is 11.5 Å². The lowest BCUT2D eigenvalue weighted by Crippen LogP contribution is -2.43. The molecule has 172 valence electrons. The number of fused-ring (bicyclic) bond motifs is 1. The summed E-state index contributed by atoms with van der Waals surface area (Å²) in [7, 11) is 3.78. The van der Waals surface area contributed by atoms with Crippen LogP contribution >= 0.6 is 0 Å². The van der Waals surface area contributed by atoms with Gasteiger partial charge in [0.1, 0.15) is 5.75 Å². The predicted octanol–water partition coefficient (Wildman–Crippen LogP) is 0.876. The van der Waals surface area contributed by atoms with Crippen LogP contribution in [-0.4, -0.2) is 73.7 Å². The number of aromatic nitrogens is 2. The molecule has 2 aromatic carbocycles. The van der Waals surface area contributed by atoms with Crippen molar-refractivity contribution in [2.75, 3.05) is 51.9 Å². The van der Waals surface area contributed by atoms with Crippen molar-refractivity contribution in [3.63, 3.8) is 0 Å². The predicted molar refractivity (Wildman–Crippen MR) is 125 cm³/mol. The van der Waals surface area contributed by atoms with Crippen molar-refractivity contribution in [2.45, 2.75) is 0 Å². The zero-order chi connectivity index (χ0) is 23.4. The Morgan fingerprint density at radius 3 is 2.70 bits per heavy atom. The van der Waals surface area contributed by atoms with Crippen molar-refractivity contribution in [1.29, 1.82) is 0 Å². The number of ether oxygens (including phenoxy) is 2. The first kappa shape index (κ1) is 22.3. The minimum atomic E-state index is -0.648. The summed E-state index contributed by atoms with van der Waals surface area (Å²) < 4.78 is 11.9. The molecule has 0 unspecified atom stereocenters. The van der Waals surface area contributed by atoms with Gasteiger partial charge in [-0.15, -0.1) is 4.68 Å². The van der Waals surface area contributed by atoms with Gasteiger partial charge in [0.15, 0.2) is 6.61 Å². The van der Waals surface area contributed by atoms with E-state index in [2.05, 4.69) is 10.1 Å². The second kappa shape index (κ2) is 9.70. The van der Waals surface area contributed by atoms with E-state index in [0.29, 0.717) is 48.5 Å². The number of carbonyl (C=O) groups excluding carboxylic acids is 1. The summed E-state index contributed by atoms with van der Waals surface area (Å²) >= 11 is 0. The third-order valence-corrected chi connectivity index (χ3v) is 5.32. The second-order valence-electron chi connectivity index (χ2n) is 7.74. The Bertz CT molecular complexity index is 1300. The highest BCUT2D eigenvalue weighted by atomic mass is 16.5. The van der Waals surface area contributed by atoms with Crippen molar-refractivity contribution in [3.8, 4) is 5.75 Å². The van der Waals surface area contributed by atoms with Crippen LogP contribution in [0.15, 0.2) is 57.2 Å². The smallest absolute Gasteiger partial charge is 0.349 e. The highest BCUT2D eigenvalue weighted by Crippen LogP contribution is 2.24. The van der Waals surface area contributed by atoms with Crippen LogP contribution in [0, 0.1) is 0 Å². The van der Waals surface area contributed by atoms with E-state index in [1.165, 1.54) is 6.21 Å². The van der Waals surface area contributed by atoms with Gasteiger partial charge in [0, 0.05) is 44.5 Å². The molecule has 4 rings (SSSR count). The molecule has 1 amide bonds. The number of H-pyrrole nitrogens is 1. The molecule has 0 spiro atoms. The molecule has 0 atom stereocenters. The van der Waals surface area contributed by atoms with E-state index in [-0.39, 0.29) is 12.5 Å². The van der Waals surface area contributed by atoms with Gasteiger partial charge in [-0.3, -0.25) is 9.59 Å². The fraction of sp³-hybridized carbons (Fsp3) is 0.304. The maximum atomic E-state index is 12.7. The van der Waals surface area contributed by atoms with E-state index in [1.54, 1.807) is 41.3 Å². The van der Waals surface area contributed by atoms with Gasteiger partial charge in [-0.1, -0.05) is 12.1 Å². The van der Waals surface area contributed by atoms with E-state index in [4.69, 9.17) is 9.47 Å². The van der Waals surface area contributed by atoms with Crippen LogP contribution in [0.5, 0.6) is 5.75 Å². The highest BCUT2D eigenvalue weighted by Gasteiger charge is 2.18. The van der Waals surface area contributed by atoms with Crippen molar-refractivity contribution >= 4 is 28.7 Å². The Morgan fingerprint density at radius 2 is 1.94 bits per heavy atom. The number of para-hydroxylation sites is 1. The van der Waals surface area contributed by atoms with E-state index >= 15 is 0 Å². The highest BCUT2D eigenvalue weighted by molar-refractivity contribution is 5.85. The minimum absolute atomic E-state index is 0.140. The van der Waals surface area contributed by atoms with Crippen molar-refractivity contribution in [1.82, 2.24) is 14.6 Å². The lowest BCUT2D eigenvalue weighted by atomic mass is 10.2. The Kier molecular flexibility index (Phi) is 6.55. The first-order valence-electron chi connectivity index (χ1n) is 10.5. The van der Waals surface area contributed by atoms with Crippen LogP contribution in [0.2, 0.25) is 0 Å². The summed E-state index contributed by atoms with van der Waals surface area (Å²) in [4.78, 5) is 43.9. The average molecular weight is 451 g/mol. The minimum Gasteiger partial charge on any atom is -0.483 e. The molecule has 0 saturated carbocycles. The average Bonchev–Trinajstić information content (AvgIpc) is 2.83. The standard InChI is InChI=1S/C23H25N5O5/c1-26(2)17-8-7-16(20(13-17)33-15-21(29)27-9-11-32-12-10-27)14-24-28-22(30)18-5-3-4-6-19(18)25-23(28)31/h3-8,13-14H,9-12,15H2,1-2H3,(H,25,31). The molecule has 1 aliphatic rings. The van der Waals surface area contributed by atoms with Crippen LogP contribution in [0.4, 0.5) is 5.69 Å². The molecule has 10 nitrogen and oxygen atoms in total. The van der Waals surface area contributed by atoms with E-state index in [9.17, 15) is 14.4 Å². The second-order valence-corrected chi connectivity index (χ2v) is 7.74. The molecule has 2 heterocycles. The number of hydrogen-bond donors (Lipinski definition) is 1. The molecular formula is C23H25N5O5. The SMILES string of the molecule is CN(C)c1ccc(C=Nn2c(=O)[nH]c3ccccc3c2=O)c(OCC(=O)N2CCOCC2)c1. The fourth-order valence-corrected chi connectivity index (χ4v) is 3.45. The maximum Gasteiger partial charge on any atom is 0.349 e. The van der Waals surface area contributed by atoms with Crippen LogP contribution in [0.3, 0.4) is 0 Å². The Hall–Kier alpha value is -3.92. The molecule has 10 heteroatoms. The molecule has 1 N–H and O–H groups in total. The molecule has 0 aliphatic carbocycles. The first-order chi connectivity index (χ1) is 15.9. The van der Waals surface area contributed by atoms with Gasteiger partial charge in [-0.25, -0.2) is 4.79 Å². The van der Waals surface area contributed by atoms with Gasteiger partial charge >= 0.3 is 5.69 Å². The number of amides is 1. The van der Waals surface area contributed by atoms with E-state index in [1.807, 2.05) is 25.1 Å².